The molecule has 19 heavy (non-hydrogen) atoms. The number of pyridine rings is 1. The smallest absolute Gasteiger partial charge is 0.250 e. The Kier molecular flexibility index (Phi) is 5.16. The van der Waals surface area contributed by atoms with E-state index in [4.69, 9.17) is 0 Å². The van der Waals surface area contributed by atoms with Crippen LogP contribution < -0.4 is 10.9 Å². The first-order valence-electron chi connectivity index (χ1n) is 7.27. The van der Waals surface area contributed by atoms with Crippen molar-refractivity contribution in [2.75, 3.05) is 26.2 Å². The lowest BCUT2D eigenvalue weighted by molar-refractivity contribution is 0.264. The van der Waals surface area contributed by atoms with Gasteiger partial charge in [-0.2, -0.15) is 0 Å². The second-order valence-electron chi connectivity index (χ2n) is 5.68. The molecule has 1 N–H and O–H groups in total. The number of likely N-dealkylation sites (tertiary alicyclic amines) is 1. The van der Waals surface area contributed by atoms with Gasteiger partial charge in [-0.1, -0.05) is 6.07 Å². The first kappa shape index (κ1) is 14.3. The Labute approximate surface area is 115 Å². The molecule has 1 saturated heterocycles. The quantitative estimate of drug-likeness (QED) is 0.783. The summed E-state index contributed by atoms with van der Waals surface area (Å²) in [4.78, 5) is 14.1. The molecular formula is C15H25N3O. The highest BCUT2D eigenvalue weighted by Gasteiger charge is 2.23. The summed E-state index contributed by atoms with van der Waals surface area (Å²) in [6.45, 7) is 9.63. The minimum atomic E-state index is 0.0798. The van der Waals surface area contributed by atoms with Crippen LogP contribution in [-0.4, -0.2) is 41.7 Å². The van der Waals surface area contributed by atoms with Crippen molar-refractivity contribution in [3.63, 3.8) is 0 Å². The predicted molar refractivity (Wildman–Crippen MR) is 78.4 cm³/mol. The molecule has 1 aliphatic rings. The van der Waals surface area contributed by atoms with Gasteiger partial charge in [-0.05, 0) is 45.3 Å². The Morgan fingerprint density at radius 1 is 1.42 bits per heavy atom. The molecule has 1 aromatic heterocycles. The maximum Gasteiger partial charge on any atom is 0.250 e. The number of nitrogens with one attached hydrogen (secondary N) is 1. The first-order valence-corrected chi connectivity index (χ1v) is 7.27. The lowest BCUT2D eigenvalue weighted by Gasteiger charge is -2.20. The molecule has 0 radical (unpaired) electrons. The van der Waals surface area contributed by atoms with Crippen LogP contribution in [0, 0.1) is 5.92 Å². The normalized spacial score (nSPS) is 20.3. The third kappa shape index (κ3) is 4.18. The van der Waals surface area contributed by atoms with Gasteiger partial charge in [0.1, 0.15) is 0 Å². The molecule has 1 aromatic rings. The Morgan fingerprint density at radius 2 is 2.26 bits per heavy atom. The molecule has 4 heteroatoms. The third-order valence-electron chi connectivity index (χ3n) is 3.91. The summed E-state index contributed by atoms with van der Waals surface area (Å²) in [6.07, 6.45) is 3.14. The minimum absolute atomic E-state index is 0.0798. The molecule has 2 rings (SSSR count). The molecular weight excluding hydrogens is 238 g/mol. The fourth-order valence-corrected chi connectivity index (χ4v) is 2.65. The second kappa shape index (κ2) is 6.87. The molecule has 0 amide bonds. The van der Waals surface area contributed by atoms with Crippen LogP contribution in [0.2, 0.25) is 0 Å². The van der Waals surface area contributed by atoms with E-state index in [-0.39, 0.29) is 5.56 Å². The zero-order valence-corrected chi connectivity index (χ0v) is 12.0. The van der Waals surface area contributed by atoms with Crippen LogP contribution in [0.25, 0.3) is 0 Å². The van der Waals surface area contributed by atoms with Gasteiger partial charge in [0.2, 0.25) is 0 Å². The highest BCUT2D eigenvalue weighted by atomic mass is 16.1. The van der Waals surface area contributed by atoms with Gasteiger partial charge in [0.15, 0.2) is 0 Å². The predicted octanol–water partition coefficient (Wildman–Crippen LogP) is 1.17. The molecule has 106 valence electrons. The Bertz CT molecular complexity index is 441. The van der Waals surface area contributed by atoms with E-state index in [0.29, 0.717) is 6.04 Å². The van der Waals surface area contributed by atoms with Gasteiger partial charge in [-0.3, -0.25) is 4.79 Å². The van der Waals surface area contributed by atoms with Gasteiger partial charge in [0, 0.05) is 37.9 Å². The van der Waals surface area contributed by atoms with Crippen LogP contribution in [0.1, 0.15) is 20.3 Å². The molecule has 0 spiro atoms. The van der Waals surface area contributed by atoms with Gasteiger partial charge in [-0.25, -0.2) is 0 Å². The van der Waals surface area contributed by atoms with E-state index in [1.54, 1.807) is 16.7 Å². The largest absolute Gasteiger partial charge is 0.315 e. The average Bonchev–Trinajstić information content (AvgIpc) is 2.85. The van der Waals surface area contributed by atoms with Crippen molar-refractivity contribution in [2.24, 2.45) is 5.92 Å². The summed E-state index contributed by atoms with van der Waals surface area (Å²) >= 11 is 0. The summed E-state index contributed by atoms with van der Waals surface area (Å²) in [5.74, 6) is 0.759. The maximum atomic E-state index is 11.5. The maximum absolute atomic E-state index is 11.5. The molecule has 1 unspecified atom stereocenters. The van der Waals surface area contributed by atoms with Crippen molar-refractivity contribution >= 4 is 0 Å². The summed E-state index contributed by atoms with van der Waals surface area (Å²) in [6, 6.07) is 5.95. The number of hydrogen-bond acceptors (Lipinski definition) is 3. The first-order chi connectivity index (χ1) is 9.16. The van der Waals surface area contributed by atoms with Crippen molar-refractivity contribution in [2.45, 2.75) is 32.9 Å². The Balaban J connectivity index is 1.65. The zero-order valence-electron chi connectivity index (χ0n) is 12.0. The highest BCUT2D eigenvalue weighted by Crippen LogP contribution is 2.17. The van der Waals surface area contributed by atoms with Gasteiger partial charge >= 0.3 is 0 Å². The topological polar surface area (TPSA) is 37.3 Å². The van der Waals surface area contributed by atoms with Crippen LogP contribution in [0.4, 0.5) is 0 Å². The lowest BCUT2D eigenvalue weighted by Crippen LogP contribution is -2.32. The van der Waals surface area contributed by atoms with Crippen molar-refractivity contribution in [3.8, 4) is 0 Å². The molecule has 0 aromatic carbocycles. The zero-order chi connectivity index (χ0) is 13.7. The summed E-state index contributed by atoms with van der Waals surface area (Å²) in [5, 5.41) is 3.48. The molecule has 2 heterocycles. The van der Waals surface area contributed by atoms with Crippen LogP contribution in [0.5, 0.6) is 0 Å². The van der Waals surface area contributed by atoms with E-state index < -0.39 is 0 Å². The second-order valence-corrected chi connectivity index (χ2v) is 5.68. The fourth-order valence-electron chi connectivity index (χ4n) is 2.65. The summed E-state index contributed by atoms with van der Waals surface area (Å²) in [5.41, 5.74) is 0.0798. The van der Waals surface area contributed by atoms with E-state index in [9.17, 15) is 4.79 Å². The number of hydrogen-bond donors (Lipinski definition) is 1. The van der Waals surface area contributed by atoms with Crippen molar-refractivity contribution in [1.82, 2.24) is 14.8 Å². The summed E-state index contributed by atoms with van der Waals surface area (Å²) in [7, 11) is 0. The lowest BCUT2D eigenvalue weighted by atomic mass is 10.1. The van der Waals surface area contributed by atoms with Gasteiger partial charge in [-0.15, -0.1) is 0 Å². The van der Waals surface area contributed by atoms with Crippen LogP contribution in [0.3, 0.4) is 0 Å². The van der Waals surface area contributed by atoms with Crippen LogP contribution in [-0.2, 0) is 6.54 Å². The Hall–Kier alpha value is -1.13. The third-order valence-corrected chi connectivity index (χ3v) is 3.91. The van der Waals surface area contributed by atoms with E-state index in [1.165, 1.54) is 19.5 Å². The number of rotatable bonds is 6. The van der Waals surface area contributed by atoms with Crippen molar-refractivity contribution < 1.29 is 0 Å². The molecule has 1 aliphatic heterocycles. The average molecular weight is 263 g/mol. The van der Waals surface area contributed by atoms with E-state index in [0.717, 1.165) is 25.6 Å². The van der Waals surface area contributed by atoms with E-state index >= 15 is 0 Å². The fraction of sp³-hybridized carbons (Fsp3) is 0.667. The van der Waals surface area contributed by atoms with Crippen molar-refractivity contribution in [3.05, 3.63) is 34.7 Å². The number of nitrogens with zero attached hydrogens (tertiary/aromatic N) is 2. The molecule has 0 aliphatic carbocycles. The summed E-state index contributed by atoms with van der Waals surface area (Å²) < 4.78 is 1.75. The van der Waals surface area contributed by atoms with Crippen LogP contribution >= 0.6 is 0 Å². The van der Waals surface area contributed by atoms with Gasteiger partial charge in [0.05, 0.1) is 0 Å². The van der Waals surface area contributed by atoms with E-state index in [2.05, 4.69) is 24.1 Å². The van der Waals surface area contributed by atoms with Crippen LogP contribution in [0.15, 0.2) is 29.2 Å². The number of aromatic nitrogens is 1. The standard InChI is InChI=1S/C15H25N3O/c1-13(2)18-9-6-14(12-18)11-16-7-10-17-8-4-3-5-15(17)19/h3-5,8,13-14,16H,6-7,9-12H2,1-2H3. The molecule has 1 fully saturated rings. The van der Waals surface area contributed by atoms with Gasteiger partial charge in [0.25, 0.3) is 5.56 Å². The molecule has 1 atom stereocenters. The highest BCUT2D eigenvalue weighted by molar-refractivity contribution is 4.93. The molecule has 0 saturated carbocycles. The minimum Gasteiger partial charge on any atom is -0.315 e. The molecule has 0 bridgehead atoms. The van der Waals surface area contributed by atoms with E-state index in [1.807, 2.05) is 12.3 Å². The Morgan fingerprint density at radius 3 is 2.95 bits per heavy atom. The molecule has 4 nitrogen and oxygen atoms in total. The van der Waals surface area contributed by atoms with Gasteiger partial charge < -0.3 is 14.8 Å². The monoisotopic (exact) mass is 263 g/mol. The SMILES string of the molecule is CC(C)N1CCC(CNCCn2ccccc2=O)C1. The van der Waals surface area contributed by atoms with Crippen molar-refractivity contribution in [1.29, 1.82) is 0 Å².